The van der Waals surface area contributed by atoms with E-state index in [1.165, 1.54) is 5.56 Å². The van der Waals surface area contributed by atoms with Gasteiger partial charge in [-0.1, -0.05) is 11.6 Å². The first kappa shape index (κ1) is 11.0. The summed E-state index contributed by atoms with van der Waals surface area (Å²) in [6.45, 7) is 2.07. The zero-order valence-electron chi connectivity index (χ0n) is 9.57. The highest BCUT2D eigenvalue weighted by molar-refractivity contribution is 7.13. The van der Waals surface area contributed by atoms with Crippen molar-refractivity contribution in [1.29, 1.82) is 0 Å². The second-order valence-electron chi connectivity index (χ2n) is 3.49. The highest BCUT2D eigenvalue weighted by atomic mass is 32.1. The molecule has 0 aliphatic rings. The minimum absolute atomic E-state index is 0.864. The lowest BCUT2D eigenvalue weighted by Gasteiger charge is -2.06. The van der Waals surface area contributed by atoms with E-state index in [0.29, 0.717) is 0 Å². The first-order valence-electron chi connectivity index (χ1n) is 5.03. The largest absolute Gasteiger partial charge is 0.496 e. The molecule has 0 saturated carbocycles. The third kappa shape index (κ3) is 2.02. The van der Waals surface area contributed by atoms with E-state index in [2.05, 4.69) is 23.3 Å². The molecule has 1 N–H and O–H groups in total. The summed E-state index contributed by atoms with van der Waals surface area (Å²) >= 11 is 1.61. The van der Waals surface area contributed by atoms with Gasteiger partial charge >= 0.3 is 0 Å². The molecule has 84 valence electrons. The van der Waals surface area contributed by atoms with Crippen LogP contribution in [-0.4, -0.2) is 19.1 Å². The molecule has 4 heteroatoms. The molecule has 0 aliphatic heterocycles. The van der Waals surface area contributed by atoms with Gasteiger partial charge in [0, 0.05) is 12.4 Å². The van der Waals surface area contributed by atoms with Crippen LogP contribution in [0.3, 0.4) is 0 Å². The van der Waals surface area contributed by atoms with E-state index in [4.69, 9.17) is 4.74 Å². The lowest BCUT2D eigenvalue weighted by atomic mass is 10.1. The standard InChI is InChI=1S/C12H14N2OS/c1-8-4-5-10(15-3)9(6-8)12-14-11(13-2)7-16-12/h4-7,13H,1-3H3. The number of benzene rings is 1. The van der Waals surface area contributed by atoms with E-state index in [9.17, 15) is 0 Å². The third-order valence-electron chi connectivity index (χ3n) is 2.35. The van der Waals surface area contributed by atoms with Gasteiger partial charge in [0.25, 0.3) is 0 Å². The van der Waals surface area contributed by atoms with Gasteiger partial charge in [0.2, 0.25) is 0 Å². The van der Waals surface area contributed by atoms with Gasteiger partial charge < -0.3 is 10.1 Å². The molecule has 2 aromatic rings. The predicted molar refractivity (Wildman–Crippen MR) is 68.4 cm³/mol. The number of hydrogen-bond acceptors (Lipinski definition) is 4. The molecule has 1 aromatic heterocycles. The fraction of sp³-hybridized carbons (Fsp3) is 0.250. The summed E-state index contributed by atoms with van der Waals surface area (Å²) in [4.78, 5) is 4.48. The monoisotopic (exact) mass is 234 g/mol. The Hall–Kier alpha value is -1.55. The van der Waals surface area contributed by atoms with Crippen LogP contribution in [0.2, 0.25) is 0 Å². The fourth-order valence-corrected chi connectivity index (χ4v) is 2.33. The first-order valence-corrected chi connectivity index (χ1v) is 5.91. The normalized spacial score (nSPS) is 10.2. The van der Waals surface area contributed by atoms with E-state index in [1.54, 1.807) is 18.4 Å². The number of thiazole rings is 1. The van der Waals surface area contributed by atoms with Crippen LogP contribution in [0.25, 0.3) is 10.6 Å². The molecule has 0 radical (unpaired) electrons. The lowest BCUT2D eigenvalue weighted by Crippen LogP contribution is -1.90. The average Bonchev–Trinajstić information content (AvgIpc) is 2.77. The van der Waals surface area contributed by atoms with Gasteiger partial charge in [-0.3, -0.25) is 0 Å². The Morgan fingerprint density at radius 3 is 2.81 bits per heavy atom. The maximum Gasteiger partial charge on any atom is 0.137 e. The second kappa shape index (κ2) is 4.53. The molecular weight excluding hydrogens is 220 g/mol. The van der Waals surface area contributed by atoms with Crippen LogP contribution >= 0.6 is 11.3 Å². The molecule has 1 heterocycles. The number of nitrogens with zero attached hydrogens (tertiary/aromatic N) is 1. The molecule has 3 nitrogen and oxygen atoms in total. The fourth-order valence-electron chi connectivity index (χ4n) is 1.50. The van der Waals surface area contributed by atoms with E-state index in [1.807, 2.05) is 24.6 Å². The van der Waals surface area contributed by atoms with Crippen molar-refractivity contribution in [1.82, 2.24) is 4.98 Å². The van der Waals surface area contributed by atoms with Crippen molar-refractivity contribution in [3.05, 3.63) is 29.1 Å². The lowest BCUT2D eigenvalue weighted by molar-refractivity contribution is 0.416. The van der Waals surface area contributed by atoms with E-state index < -0.39 is 0 Å². The molecule has 0 atom stereocenters. The van der Waals surface area contributed by atoms with Crippen LogP contribution in [0, 0.1) is 6.92 Å². The van der Waals surface area contributed by atoms with Gasteiger partial charge in [0.15, 0.2) is 0 Å². The SMILES string of the molecule is CNc1csc(-c2cc(C)ccc2OC)n1. The zero-order chi connectivity index (χ0) is 11.5. The quantitative estimate of drug-likeness (QED) is 0.885. The van der Waals surface area contributed by atoms with Gasteiger partial charge in [-0.05, 0) is 19.1 Å². The van der Waals surface area contributed by atoms with Gasteiger partial charge in [-0.15, -0.1) is 11.3 Å². The molecule has 0 bridgehead atoms. The number of nitrogens with one attached hydrogen (secondary N) is 1. The maximum absolute atomic E-state index is 5.34. The molecule has 0 amide bonds. The number of aromatic nitrogens is 1. The molecule has 2 rings (SSSR count). The Morgan fingerprint density at radius 2 is 2.19 bits per heavy atom. The molecule has 1 aromatic carbocycles. The summed E-state index contributed by atoms with van der Waals surface area (Å²) in [5, 5.41) is 6.00. The van der Waals surface area contributed by atoms with E-state index >= 15 is 0 Å². The van der Waals surface area contributed by atoms with Gasteiger partial charge in [-0.2, -0.15) is 0 Å². The van der Waals surface area contributed by atoms with E-state index in [0.717, 1.165) is 22.1 Å². The Balaban J connectivity index is 2.49. The summed E-state index contributed by atoms with van der Waals surface area (Å²) in [5.41, 5.74) is 2.26. The zero-order valence-corrected chi connectivity index (χ0v) is 10.4. The molecule has 16 heavy (non-hydrogen) atoms. The Labute approximate surface area is 99.1 Å². The van der Waals surface area contributed by atoms with Crippen molar-refractivity contribution >= 4 is 17.2 Å². The second-order valence-corrected chi connectivity index (χ2v) is 4.35. The summed E-state index contributed by atoms with van der Waals surface area (Å²) in [5.74, 6) is 1.76. The van der Waals surface area contributed by atoms with Crippen molar-refractivity contribution in [3.8, 4) is 16.3 Å². The number of methoxy groups -OCH3 is 1. The Kier molecular flexibility index (Phi) is 3.10. The van der Waals surface area contributed by atoms with Gasteiger partial charge in [0.1, 0.15) is 16.6 Å². The van der Waals surface area contributed by atoms with Gasteiger partial charge in [0.05, 0.1) is 12.7 Å². The number of anilines is 1. The number of ether oxygens (including phenoxy) is 1. The maximum atomic E-state index is 5.34. The molecular formula is C12H14N2OS. The topological polar surface area (TPSA) is 34.1 Å². The van der Waals surface area contributed by atoms with Crippen LogP contribution < -0.4 is 10.1 Å². The summed E-state index contributed by atoms with van der Waals surface area (Å²) in [6, 6.07) is 6.11. The summed E-state index contributed by atoms with van der Waals surface area (Å²) < 4.78 is 5.34. The highest BCUT2D eigenvalue weighted by Gasteiger charge is 2.09. The Bertz CT molecular complexity index is 494. The molecule has 0 saturated heterocycles. The molecule has 0 spiro atoms. The number of aryl methyl sites for hydroxylation is 1. The molecule has 0 fully saturated rings. The van der Waals surface area contributed by atoms with Crippen molar-refractivity contribution < 1.29 is 4.74 Å². The average molecular weight is 234 g/mol. The molecule has 0 aliphatic carbocycles. The van der Waals surface area contributed by atoms with Crippen molar-refractivity contribution in [3.63, 3.8) is 0 Å². The van der Waals surface area contributed by atoms with Crippen LogP contribution in [-0.2, 0) is 0 Å². The van der Waals surface area contributed by atoms with Crippen LogP contribution in [0.1, 0.15) is 5.56 Å². The van der Waals surface area contributed by atoms with Crippen LogP contribution in [0.5, 0.6) is 5.75 Å². The Morgan fingerprint density at radius 1 is 1.38 bits per heavy atom. The van der Waals surface area contributed by atoms with Crippen LogP contribution in [0.15, 0.2) is 23.6 Å². The van der Waals surface area contributed by atoms with Crippen molar-refractivity contribution in [2.45, 2.75) is 6.92 Å². The summed E-state index contributed by atoms with van der Waals surface area (Å²) in [6.07, 6.45) is 0. The predicted octanol–water partition coefficient (Wildman–Crippen LogP) is 3.17. The van der Waals surface area contributed by atoms with Crippen molar-refractivity contribution in [2.24, 2.45) is 0 Å². The third-order valence-corrected chi connectivity index (χ3v) is 3.22. The van der Waals surface area contributed by atoms with Crippen molar-refractivity contribution in [2.75, 3.05) is 19.5 Å². The van der Waals surface area contributed by atoms with Gasteiger partial charge in [-0.25, -0.2) is 4.98 Å². The first-order chi connectivity index (χ1) is 7.74. The minimum atomic E-state index is 0.864. The summed E-state index contributed by atoms with van der Waals surface area (Å²) in [7, 11) is 3.55. The molecule has 0 unspecified atom stereocenters. The smallest absolute Gasteiger partial charge is 0.137 e. The number of rotatable bonds is 3. The van der Waals surface area contributed by atoms with Crippen LogP contribution in [0.4, 0.5) is 5.82 Å². The number of hydrogen-bond donors (Lipinski definition) is 1. The highest BCUT2D eigenvalue weighted by Crippen LogP contribution is 2.33. The van der Waals surface area contributed by atoms with E-state index in [-0.39, 0.29) is 0 Å². The minimum Gasteiger partial charge on any atom is -0.496 e.